The van der Waals surface area contributed by atoms with Crippen LogP contribution in [0.4, 0.5) is 5.95 Å². The second-order valence-electron chi connectivity index (χ2n) is 6.84. The average molecular weight is 354 g/mol. The fourth-order valence-electron chi connectivity index (χ4n) is 3.29. The van der Waals surface area contributed by atoms with Gasteiger partial charge in [-0.2, -0.15) is 0 Å². The molecule has 4 rings (SSSR count). The first-order valence-electron chi connectivity index (χ1n) is 8.77. The Morgan fingerprint density at radius 2 is 1.85 bits per heavy atom. The molecule has 2 atom stereocenters. The minimum Gasteiger partial charge on any atom is -0.460 e. The van der Waals surface area contributed by atoms with E-state index in [0.29, 0.717) is 23.2 Å². The lowest BCUT2D eigenvalue weighted by Crippen LogP contribution is -2.46. The normalized spacial score (nSPS) is 20.5. The number of anilines is 1. The second-order valence-corrected chi connectivity index (χ2v) is 6.84. The van der Waals surface area contributed by atoms with Crippen molar-refractivity contribution in [2.24, 2.45) is 0 Å². The van der Waals surface area contributed by atoms with Crippen LogP contribution in [0, 0.1) is 13.8 Å². The number of hydrogen-bond acceptors (Lipinski definition) is 7. The molecule has 0 unspecified atom stereocenters. The smallest absolute Gasteiger partial charge is 0.226 e. The molecule has 1 fully saturated rings. The number of hydrogen-bond donors (Lipinski definition) is 0. The summed E-state index contributed by atoms with van der Waals surface area (Å²) in [5.41, 5.74) is 2.27. The summed E-state index contributed by atoms with van der Waals surface area (Å²) >= 11 is 0. The molecular formula is C19H22N4O3. The summed E-state index contributed by atoms with van der Waals surface area (Å²) in [4.78, 5) is 11.5. The van der Waals surface area contributed by atoms with E-state index in [4.69, 9.17) is 18.7 Å². The molecule has 1 saturated heterocycles. The predicted octanol–water partition coefficient (Wildman–Crippen LogP) is 3.62. The summed E-state index contributed by atoms with van der Waals surface area (Å²) in [6.45, 7) is 9.42. The first-order valence-corrected chi connectivity index (χ1v) is 8.77. The van der Waals surface area contributed by atoms with E-state index in [0.717, 1.165) is 30.1 Å². The van der Waals surface area contributed by atoms with E-state index in [1.807, 2.05) is 32.0 Å². The summed E-state index contributed by atoms with van der Waals surface area (Å²) < 4.78 is 17.1. The van der Waals surface area contributed by atoms with Crippen LogP contribution in [0.2, 0.25) is 0 Å². The fraction of sp³-hybridized carbons (Fsp3) is 0.421. The largest absolute Gasteiger partial charge is 0.460 e. The third kappa shape index (κ3) is 3.22. The third-order valence-electron chi connectivity index (χ3n) is 4.35. The highest BCUT2D eigenvalue weighted by Gasteiger charge is 2.26. The third-order valence-corrected chi connectivity index (χ3v) is 4.35. The van der Waals surface area contributed by atoms with Gasteiger partial charge in [0.2, 0.25) is 5.95 Å². The number of aromatic nitrogens is 3. The molecule has 1 aliphatic rings. The Bertz CT molecular complexity index is 907. The van der Waals surface area contributed by atoms with Crippen molar-refractivity contribution >= 4 is 5.95 Å². The Balaban J connectivity index is 1.79. The van der Waals surface area contributed by atoms with E-state index in [-0.39, 0.29) is 12.2 Å². The van der Waals surface area contributed by atoms with Crippen molar-refractivity contribution in [3.05, 3.63) is 35.9 Å². The van der Waals surface area contributed by atoms with Gasteiger partial charge in [-0.1, -0.05) is 5.16 Å². The molecule has 7 heteroatoms. The van der Waals surface area contributed by atoms with Crippen molar-refractivity contribution in [3.63, 3.8) is 0 Å². The molecule has 3 aromatic rings. The van der Waals surface area contributed by atoms with Crippen molar-refractivity contribution in [3.8, 4) is 22.8 Å². The lowest BCUT2D eigenvalue weighted by molar-refractivity contribution is -0.00571. The van der Waals surface area contributed by atoms with Gasteiger partial charge in [0.1, 0.15) is 11.5 Å². The average Bonchev–Trinajstić information content (AvgIpc) is 3.22. The highest BCUT2D eigenvalue weighted by molar-refractivity contribution is 5.76. The predicted molar refractivity (Wildman–Crippen MR) is 96.9 cm³/mol. The summed E-state index contributed by atoms with van der Waals surface area (Å²) in [6.07, 6.45) is 2.04. The summed E-state index contributed by atoms with van der Waals surface area (Å²) in [6, 6.07) is 5.71. The van der Waals surface area contributed by atoms with Gasteiger partial charge in [0.15, 0.2) is 11.5 Å². The molecule has 0 amide bonds. The lowest BCUT2D eigenvalue weighted by Gasteiger charge is -2.35. The Hall–Kier alpha value is -2.67. The number of aryl methyl sites for hydroxylation is 2. The van der Waals surface area contributed by atoms with E-state index < -0.39 is 0 Å². The lowest BCUT2D eigenvalue weighted by atomic mass is 10.1. The second kappa shape index (κ2) is 6.57. The zero-order valence-corrected chi connectivity index (χ0v) is 15.4. The fourth-order valence-corrected chi connectivity index (χ4v) is 3.29. The zero-order chi connectivity index (χ0) is 18.3. The molecule has 0 radical (unpaired) electrons. The van der Waals surface area contributed by atoms with Gasteiger partial charge < -0.3 is 18.6 Å². The van der Waals surface area contributed by atoms with Crippen LogP contribution in [0.25, 0.3) is 22.8 Å². The number of morpholine rings is 1. The minimum atomic E-state index is 0.133. The minimum absolute atomic E-state index is 0.133. The zero-order valence-electron chi connectivity index (χ0n) is 15.4. The highest BCUT2D eigenvalue weighted by atomic mass is 16.5. The summed E-state index contributed by atoms with van der Waals surface area (Å²) in [7, 11) is 0. The van der Waals surface area contributed by atoms with Gasteiger partial charge in [0.25, 0.3) is 0 Å². The number of nitrogens with zero attached hydrogens (tertiary/aromatic N) is 4. The van der Waals surface area contributed by atoms with Gasteiger partial charge >= 0.3 is 0 Å². The maximum atomic E-state index is 5.83. The molecular weight excluding hydrogens is 332 g/mol. The van der Waals surface area contributed by atoms with Crippen molar-refractivity contribution in [2.45, 2.75) is 39.9 Å². The molecule has 4 heterocycles. The molecule has 0 N–H and O–H groups in total. The van der Waals surface area contributed by atoms with Crippen LogP contribution in [0.3, 0.4) is 0 Å². The maximum absolute atomic E-state index is 5.83. The number of ether oxygens (including phenoxy) is 1. The van der Waals surface area contributed by atoms with Gasteiger partial charge in [-0.05, 0) is 39.8 Å². The SMILES string of the molecule is Cc1cc(-c2cnc(N3C[C@H](C)O[C@@H](C)C3)nc2-c2ccc(C)o2)on1. The van der Waals surface area contributed by atoms with E-state index in [2.05, 4.69) is 28.9 Å². The molecule has 0 aromatic carbocycles. The van der Waals surface area contributed by atoms with E-state index in [9.17, 15) is 0 Å². The van der Waals surface area contributed by atoms with Crippen molar-refractivity contribution in [1.82, 2.24) is 15.1 Å². The summed E-state index contributed by atoms with van der Waals surface area (Å²) in [5.74, 6) is 2.80. The van der Waals surface area contributed by atoms with Crippen LogP contribution >= 0.6 is 0 Å². The van der Waals surface area contributed by atoms with Crippen LogP contribution in [-0.4, -0.2) is 40.4 Å². The van der Waals surface area contributed by atoms with Gasteiger partial charge in [-0.25, -0.2) is 9.97 Å². The van der Waals surface area contributed by atoms with Gasteiger partial charge in [-0.15, -0.1) is 0 Å². The Kier molecular flexibility index (Phi) is 4.24. The first-order chi connectivity index (χ1) is 12.5. The molecule has 3 aromatic heterocycles. The quantitative estimate of drug-likeness (QED) is 0.711. The topological polar surface area (TPSA) is 77.4 Å². The standard InChI is InChI=1S/C19H22N4O3/c1-11-7-17(26-22-11)15-8-20-19(23-9-13(3)24-14(4)10-23)21-18(15)16-6-5-12(2)25-16/h5-8,13-14H,9-10H2,1-4H3/t13-,14-/m0/s1. The first kappa shape index (κ1) is 16.8. The van der Waals surface area contributed by atoms with Crippen LogP contribution in [0.5, 0.6) is 0 Å². The molecule has 26 heavy (non-hydrogen) atoms. The van der Waals surface area contributed by atoms with Gasteiger partial charge in [0.05, 0.1) is 23.5 Å². The van der Waals surface area contributed by atoms with Gasteiger partial charge in [-0.3, -0.25) is 0 Å². The van der Waals surface area contributed by atoms with E-state index in [1.165, 1.54) is 0 Å². The molecule has 1 aliphatic heterocycles. The number of rotatable bonds is 3. The highest BCUT2D eigenvalue weighted by Crippen LogP contribution is 2.33. The van der Waals surface area contributed by atoms with Crippen molar-refractivity contribution in [2.75, 3.05) is 18.0 Å². The van der Waals surface area contributed by atoms with Crippen LogP contribution in [0.15, 0.2) is 33.3 Å². The summed E-state index contributed by atoms with van der Waals surface area (Å²) in [5, 5.41) is 3.98. The molecule has 7 nitrogen and oxygen atoms in total. The van der Waals surface area contributed by atoms with Crippen LogP contribution in [0.1, 0.15) is 25.3 Å². The van der Waals surface area contributed by atoms with Crippen LogP contribution in [-0.2, 0) is 4.74 Å². The van der Waals surface area contributed by atoms with Crippen LogP contribution < -0.4 is 4.90 Å². The molecule has 0 saturated carbocycles. The Morgan fingerprint density at radius 3 is 2.46 bits per heavy atom. The van der Waals surface area contributed by atoms with Gasteiger partial charge in [0, 0.05) is 25.4 Å². The molecule has 0 aliphatic carbocycles. The van der Waals surface area contributed by atoms with Crippen molar-refractivity contribution < 1.29 is 13.7 Å². The Labute approximate surface area is 152 Å². The molecule has 0 spiro atoms. The van der Waals surface area contributed by atoms with Crippen molar-refractivity contribution in [1.29, 1.82) is 0 Å². The molecule has 136 valence electrons. The number of furan rings is 1. The molecule has 0 bridgehead atoms. The maximum Gasteiger partial charge on any atom is 0.226 e. The monoisotopic (exact) mass is 354 g/mol. The van der Waals surface area contributed by atoms with E-state index >= 15 is 0 Å². The Morgan fingerprint density at radius 1 is 1.08 bits per heavy atom. The van der Waals surface area contributed by atoms with E-state index in [1.54, 1.807) is 6.20 Å².